The summed E-state index contributed by atoms with van der Waals surface area (Å²) < 4.78 is 2.07. The summed E-state index contributed by atoms with van der Waals surface area (Å²) in [5, 5.41) is 9.32. The van der Waals surface area contributed by atoms with E-state index in [0.717, 1.165) is 16.9 Å². The van der Waals surface area contributed by atoms with Gasteiger partial charge in [0, 0.05) is 19.0 Å². The van der Waals surface area contributed by atoms with Crippen molar-refractivity contribution in [3.05, 3.63) is 24.0 Å². The largest absolute Gasteiger partial charge is 0.508 e. The molecule has 3 nitrogen and oxygen atoms in total. The first-order chi connectivity index (χ1) is 6.59. The van der Waals surface area contributed by atoms with Crippen molar-refractivity contribution >= 4 is 11.0 Å². The maximum Gasteiger partial charge on any atom is 0.117 e. The Morgan fingerprint density at radius 1 is 1.36 bits per heavy atom. The summed E-state index contributed by atoms with van der Waals surface area (Å²) in [6, 6.07) is 5.28. The van der Waals surface area contributed by atoms with Crippen LogP contribution in [0.25, 0.3) is 11.0 Å². The van der Waals surface area contributed by atoms with E-state index in [1.54, 1.807) is 12.1 Å². The van der Waals surface area contributed by atoms with E-state index in [4.69, 9.17) is 0 Å². The zero-order valence-electron chi connectivity index (χ0n) is 8.65. The van der Waals surface area contributed by atoms with Gasteiger partial charge in [-0.25, -0.2) is 4.98 Å². The Kier molecular flexibility index (Phi) is 1.95. The van der Waals surface area contributed by atoms with Crippen molar-refractivity contribution in [1.82, 2.24) is 9.55 Å². The normalized spacial score (nSPS) is 11.4. The van der Waals surface area contributed by atoms with Crippen LogP contribution in [0.1, 0.15) is 25.6 Å². The lowest BCUT2D eigenvalue weighted by molar-refractivity contribution is 0.476. The van der Waals surface area contributed by atoms with E-state index in [1.807, 2.05) is 13.1 Å². The van der Waals surface area contributed by atoms with Gasteiger partial charge in [-0.05, 0) is 12.1 Å². The summed E-state index contributed by atoms with van der Waals surface area (Å²) in [7, 11) is 2.00. The Balaban J connectivity index is 2.73. The maximum absolute atomic E-state index is 9.32. The van der Waals surface area contributed by atoms with E-state index in [0.29, 0.717) is 5.92 Å². The number of aromatic nitrogens is 2. The van der Waals surface area contributed by atoms with Gasteiger partial charge in [-0.15, -0.1) is 0 Å². The molecule has 2 rings (SSSR count). The molecule has 1 heterocycles. The number of imidazole rings is 1. The number of hydrogen-bond acceptors (Lipinski definition) is 2. The van der Waals surface area contributed by atoms with Crippen LogP contribution >= 0.6 is 0 Å². The molecule has 1 aromatic carbocycles. The minimum absolute atomic E-state index is 0.269. The van der Waals surface area contributed by atoms with Gasteiger partial charge in [0.15, 0.2) is 0 Å². The molecule has 0 unspecified atom stereocenters. The number of aryl methyl sites for hydroxylation is 1. The predicted octanol–water partition coefficient (Wildman–Crippen LogP) is 2.40. The highest BCUT2D eigenvalue weighted by molar-refractivity contribution is 5.77. The van der Waals surface area contributed by atoms with Gasteiger partial charge in [-0.1, -0.05) is 13.8 Å². The first-order valence-electron chi connectivity index (χ1n) is 4.75. The van der Waals surface area contributed by atoms with Crippen LogP contribution in [0.5, 0.6) is 5.75 Å². The topological polar surface area (TPSA) is 38.1 Å². The van der Waals surface area contributed by atoms with Gasteiger partial charge < -0.3 is 9.67 Å². The molecule has 0 aliphatic heterocycles. The SMILES string of the molecule is CC(C)c1nc2cc(O)ccc2n1C. The number of aromatic hydroxyl groups is 1. The third-order valence-corrected chi connectivity index (χ3v) is 2.42. The molecular formula is C11H14N2O. The first kappa shape index (κ1) is 9.06. The van der Waals surface area contributed by atoms with E-state index >= 15 is 0 Å². The van der Waals surface area contributed by atoms with E-state index in [2.05, 4.69) is 23.4 Å². The Morgan fingerprint density at radius 3 is 2.71 bits per heavy atom. The van der Waals surface area contributed by atoms with Crippen LogP contribution in [0.4, 0.5) is 0 Å². The summed E-state index contributed by atoms with van der Waals surface area (Å²) in [4.78, 5) is 4.48. The fourth-order valence-electron chi connectivity index (χ4n) is 1.72. The molecule has 0 saturated heterocycles. The molecular weight excluding hydrogens is 176 g/mol. The van der Waals surface area contributed by atoms with Crippen molar-refractivity contribution in [3.8, 4) is 5.75 Å². The predicted molar refractivity (Wildman–Crippen MR) is 56.5 cm³/mol. The molecule has 3 heteroatoms. The van der Waals surface area contributed by atoms with E-state index in [9.17, 15) is 5.11 Å². The molecule has 0 saturated carbocycles. The van der Waals surface area contributed by atoms with Crippen molar-refractivity contribution in [1.29, 1.82) is 0 Å². The molecule has 0 spiro atoms. The van der Waals surface area contributed by atoms with Crippen molar-refractivity contribution < 1.29 is 5.11 Å². The molecule has 1 aromatic heterocycles. The zero-order valence-corrected chi connectivity index (χ0v) is 8.65. The van der Waals surface area contributed by atoms with Gasteiger partial charge in [-0.3, -0.25) is 0 Å². The van der Waals surface area contributed by atoms with Gasteiger partial charge >= 0.3 is 0 Å². The fourth-order valence-corrected chi connectivity index (χ4v) is 1.72. The number of phenolic OH excluding ortho intramolecular Hbond substituents is 1. The van der Waals surface area contributed by atoms with Crippen molar-refractivity contribution in [2.75, 3.05) is 0 Å². The number of nitrogens with zero attached hydrogens (tertiary/aromatic N) is 2. The monoisotopic (exact) mass is 190 g/mol. The molecule has 0 atom stereocenters. The minimum atomic E-state index is 0.269. The van der Waals surface area contributed by atoms with Gasteiger partial charge in [0.05, 0.1) is 11.0 Å². The Morgan fingerprint density at radius 2 is 2.07 bits per heavy atom. The van der Waals surface area contributed by atoms with Gasteiger partial charge in [0.1, 0.15) is 11.6 Å². The first-order valence-corrected chi connectivity index (χ1v) is 4.75. The van der Waals surface area contributed by atoms with Crippen molar-refractivity contribution in [2.24, 2.45) is 7.05 Å². The average Bonchev–Trinajstić information content (AvgIpc) is 2.43. The lowest BCUT2D eigenvalue weighted by atomic mass is 10.2. The summed E-state index contributed by atoms with van der Waals surface area (Å²) >= 11 is 0. The molecule has 0 radical (unpaired) electrons. The molecule has 0 bridgehead atoms. The molecule has 0 fully saturated rings. The average molecular weight is 190 g/mol. The van der Waals surface area contributed by atoms with Gasteiger partial charge in [-0.2, -0.15) is 0 Å². The van der Waals surface area contributed by atoms with Crippen molar-refractivity contribution in [3.63, 3.8) is 0 Å². The summed E-state index contributed by atoms with van der Waals surface area (Å²) in [6.07, 6.45) is 0. The van der Waals surface area contributed by atoms with Crippen LogP contribution in [0.2, 0.25) is 0 Å². The van der Waals surface area contributed by atoms with Crippen LogP contribution in [0, 0.1) is 0 Å². The minimum Gasteiger partial charge on any atom is -0.508 e. The van der Waals surface area contributed by atoms with Crippen LogP contribution < -0.4 is 0 Å². The molecule has 1 N–H and O–H groups in total. The van der Waals surface area contributed by atoms with E-state index < -0.39 is 0 Å². The summed E-state index contributed by atoms with van der Waals surface area (Å²) in [5.74, 6) is 1.71. The zero-order chi connectivity index (χ0) is 10.3. The Labute approximate surface area is 83.0 Å². The second-order valence-corrected chi connectivity index (χ2v) is 3.86. The highest BCUT2D eigenvalue weighted by Gasteiger charge is 2.10. The Hall–Kier alpha value is -1.51. The molecule has 14 heavy (non-hydrogen) atoms. The van der Waals surface area contributed by atoms with E-state index in [-0.39, 0.29) is 5.75 Å². The highest BCUT2D eigenvalue weighted by atomic mass is 16.3. The third kappa shape index (κ3) is 1.25. The second kappa shape index (κ2) is 3.01. The molecule has 2 aromatic rings. The quantitative estimate of drug-likeness (QED) is 0.749. The van der Waals surface area contributed by atoms with Gasteiger partial charge in [0.2, 0.25) is 0 Å². The number of fused-ring (bicyclic) bond motifs is 1. The molecule has 74 valence electrons. The van der Waals surface area contributed by atoms with Crippen LogP contribution in [0.3, 0.4) is 0 Å². The number of hydrogen-bond donors (Lipinski definition) is 1. The molecule has 0 amide bonds. The molecule has 0 aliphatic carbocycles. The number of phenols is 1. The maximum atomic E-state index is 9.32. The summed E-state index contributed by atoms with van der Waals surface area (Å²) in [5.41, 5.74) is 1.92. The number of rotatable bonds is 1. The molecule has 0 aliphatic rings. The standard InChI is InChI=1S/C11H14N2O/c1-7(2)11-12-9-6-8(14)4-5-10(9)13(11)3/h4-7,14H,1-3H3. The Bertz CT molecular complexity index is 471. The van der Waals surface area contributed by atoms with Gasteiger partial charge in [0.25, 0.3) is 0 Å². The second-order valence-electron chi connectivity index (χ2n) is 3.86. The van der Waals surface area contributed by atoms with E-state index in [1.165, 1.54) is 0 Å². The highest BCUT2D eigenvalue weighted by Crippen LogP contribution is 2.23. The lowest BCUT2D eigenvalue weighted by Gasteiger charge is -2.04. The lowest BCUT2D eigenvalue weighted by Crippen LogP contribution is -1.99. The van der Waals surface area contributed by atoms with Crippen LogP contribution in [-0.2, 0) is 7.05 Å². The van der Waals surface area contributed by atoms with Crippen LogP contribution in [0.15, 0.2) is 18.2 Å². The van der Waals surface area contributed by atoms with Crippen molar-refractivity contribution in [2.45, 2.75) is 19.8 Å². The van der Waals surface area contributed by atoms with Crippen LogP contribution in [-0.4, -0.2) is 14.7 Å². The summed E-state index contributed by atoms with van der Waals surface area (Å²) in [6.45, 7) is 4.22. The third-order valence-electron chi connectivity index (χ3n) is 2.42. The fraction of sp³-hybridized carbons (Fsp3) is 0.364. The number of benzene rings is 1. The smallest absolute Gasteiger partial charge is 0.117 e.